The van der Waals surface area contributed by atoms with E-state index in [0.29, 0.717) is 6.10 Å². The second-order valence-electron chi connectivity index (χ2n) is 4.14. The Morgan fingerprint density at radius 1 is 1.44 bits per heavy atom. The third kappa shape index (κ3) is 2.50. The van der Waals surface area contributed by atoms with Crippen molar-refractivity contribution in [3.05, 3.63) is 22.2 Å². The van der Waals surface area contributed by atoms with Gasteiger partial charge in [0.25, 0.3) is 0 Å². The summed E-state index contributed by atoms with van der Waals surface area (Å²) in [5.41, 5.74) is 6.89. The monoisotopic (exact) mass is 285 g/mol. The normalized spacial score (nSPS) is 17.0. The molecule has 0 aromatic heterocycles. The third-order valence-corrected chi connectivity index (χ3v) is 3.18. The number of nitrogens with two attached hydrogens (primary N) is 1. The van der Waals surface area contributed by atoms with Crippen LogP contribution in [-0.2, 0) is 0 Å². The molecule has 1 unspecified atom stereocenters. The molecule has 3 nitrogen and oxygen atoms in total. The van der Waals surface area contributed by atoms with E-state index in [1.54, 1.807) is 7.11 Å². The Morgan fingerprint density at radius 3 is 2.62 bits per heavy atom. The summed E-state index contributed by atoms with van der Waals surface area (Å²) in [6.45, 7) is 1.95. The highest BCUT2D eigenvalue weighted by Gasteiger charge is 2.26. The minimum Gasteiger partial charge on any atom is -0.493 e. The molecular weight excluding hydrogens is 270 g/mol. The molecule has 1 aliphatic carbocycles. The fraction of sp³-hybridized carbons (Fsp3) is 0.500. The molecule has 0 bridgehead atoms. The Kier molecular flexibility index (Phi) is 3.40. The highest BCUT2D eigenvalue weighted by Crippen LogP contribution is 2.41. The predicted octanol–water partition coefficient (Wildman–Crippen LogP) is 3.02. The van der Waals surface area contributed by atoms with Gasteiger partial charge in [-0.05, 0) is 53.4 Å². The largest absolute Gasteiger partial charge is 0.493 e. The first-order chi connectivity index (χ1) is 7.61. The molecule has 2 rings (SSSR count). The van der Waals surface area contributed by atoms with Crippen LogP contribution in [0.15, 0.2) is 16.6 Å². The second kappa shape index (κ2) is 4.63. The van der Waals surface area contributed by atoms with E-state index >= 15 is 0 Å². The van der Waals surface area contributed by atoms with Gasteiger partial charge in [-0.15, -0.1) is 0 Å². The topological polar surface area (TPSA) is 44.5 Å². The van der Waals surface area contributed by atoms with Gasteiger partial charge in [-0.25, -0.2) is 0 Å². The molecule has 0 aliphatic heterocycles. The van der Waals surface area contributed by atoms with Crippen LogP contribution >= 0.6 is 15.9 Å². The zero-order chi connectivity index (χ0) is 11.7. The van der Waals surface area contributed by atoms with Crippen LogP contribution in [0.3, 0.4) is 0 Å². The Hall–Kier alpha value is -0.740. The van der Waals surface area contributed by atoms with Crippen LogP contribution in [-0.4, -0.2) is 13.2 Å². The predicted molar refractivity (Wildman–Crippen MR) is 66.9 cm³/mol. The standard InChI is InChI=1S/C12H16BrNO2/c1-7(14)8-5-10(13)12(11(6-8)15-2)16-9-3-4-9/h5-7,9H,3-4,14H2,1-2H3. The second-order valence-corrected chi connectivity index (χ2v) is 4.99. The number of hydrogen-bond donors (Lipinski definition) is 1. The Labute approximate surface area is 104 Å². The van der Waals surface area contributed by atoms with Crippen molar-refractivity contribution in [2.45, 2.75) is 31.9 Å². The zero-order valence-corrected chi connectivity index (χ0v) is 11.1. The number of benzene rings is 1. The lowest BCUT2D eigenvalue weighted by molar-refractivity contribution is 0.280. The Balaban J connectivity index is 2.34. The van der Waals surface area contributed by atoms with Crippen LogP contribution in [0.25, 0.3) is 0 Å². The van der Waals surface area contributed by atoms with E-state index in [1.165, 1.54) is 0 Å². The van der Waals surface area contributed by atoms with Gasteiger partial charge in [-0.1, -0.05) is 0 Å². The van der Waals surface area contributed by atoms with Gasteiger partial charge < -0.3 is 15.2 Å². The highest BCUT2D eigenvalue weighted by atomic mass is 79.9. The van der Waals surface area contributed by atoms with Gasteiger partial charge in [-0.3, -0.25) is 0 Å². The molecule has 0 heterocycles. The van der Waals surface area contributed by atoms with Gasteiger partial charge in [0.1, 0.15) is 0 Å². The molecule has 1 aromatic rings. The van der Waals surface area contributed by atoms with Crippen molar-refractivity contribution in [3.8, 4) is 11.5 Å². The summed E-state index contributed by atoms with van der Waals surface area (Å²) in [7, 11) is 1.65. The van der Waals surface area contributed by atoms with Crippen molar-refractivity contribution in [2.24, 2.45) is 5.73 Å². The van der Waals surface area contributed by atoms with Gasteiger partial charge in [0.05, 0.1) is 17.7 Å². The SMILES string of the molecule is COc1cc(C(C)N)cc(Br)c1OC1CC1. The molecule has 1 atom stereocenters. The minimum absolute atomic E-state index is 0.0137. The van der Waals surface area contributed by atoms with Crippen LogP contribution in [0, 0.1) is 0 Å². The molecular formula is C12H16BrNO2. The smallest absolute Gasteiger partial charge is 0.175 e. The minimum atomic E-state index is -0.0137. The molecule has 0 spiro atoms. The van der Waals surface area contributed by atoms with Crippen molar-refractivity contribution >= 4 is 15.9 Å². The van der Waals surface area contributed by atoms with E-state index in [4.69, 9.17) is 15.2 Å². The van der Waals surface area contributed by atoms with Gasteiger partial charge >= 0.3 is 0 Å². The van der Waals surface area contributed by atoms with Crippen molar-refractivity contribution in [2.75, 3.05) is 7.11 Å². The van der Waals surface area contributed by atoms with E-state index in [2.05, 4.69) is 15.9 Å². The first-order valence-electron chi connectivity index (χ1n) is 5.41. The summed E-state index contributed by atoms with van der Waals surface area (Å²) in [4.78, 5) is 0. The van der Waals surface area contributed by atoms with Crippen molar-refractivity contribution < 1.29 is 9.47 Å². The average Bonchev–Trinajstić information content (AvgIpc) is 3.04. The lowest BCUT2D eigenvalue weighted by Gasteiger charge is -2.15. The van der Waals surface area contributed by atoms with E-state index in [0.717, 1.165) is 34.4 Å². The third-order valence-electron chi connectivity index (χ3n) is 2.59. The molecule has 16 heavy (non-hydrogen) atoms. The molecule has 1 saturated carbocycles. The summed E-state index contributed by atoms with van der Waals surface area (Å²) < 4.78 is 12.0. The maximum absolute atomic E-state index is 5.85. The molecule has 0 saturated heterocycles. The lowest BCUT2D eigenvalue weighted by atomic mass is 10.1. The fourth-order valence-electron chi connectivity index (χ4n) is 1.47. The molecule has 88 valence electrons. The molecule has 0 radical (unpaired) electrons. The summed E-state index contributed by atoms with van der Waals surface area (Å²) in [5.74, 6) is 1.53. The number of methoxy groups -OCH3 is 1. The van der Waals surface area contributed by atoms with Gasteiger partial charge in [0, 0.05) is 6.04 Å². The number of rotatable bonds is 4. The fourth-order valence-corrected chi connectivity index (χ4v) is 2.02. The number of halogens is 1. The van der Waals surface area contributed by atoms with E-state index in [1.807, 2.05) is 19.1 Å². The molecule has 1 fully saturated rings. The lowest BCUT2D eigenvalue weighted by Crippen LogP contribution is -2.06. The van der Waals surface area contributed by atoms with Crippen molar-refractivity contribution in [3.63, 3.8) is 0 Å². The van der Waals surface area contributed by atoms with E-state index in [9.17, 15) is 0 Å². The average molecular weight is 286 g/mol. The van der Waals surface area contributed by atoms with Crippen LogP contribution in [0.1, 0.15) is 31.4 Å². The van der Waals surface area contributed by atoms with Gasteiger partial charge in [0.2, 0.25) is 0 Å². The summed E-state index contributed by atoms with van der Waals surface area (Å²) in [6.07, 6.45) is 2.61. The molecule has 1 aromatic carbocycles. The maximum atomic E-state index is 5.85. The summed E-state index contributed by atoms with van der Waals surface area (Å²) >= 11 is 3.50. The number of ether oxygens (including phenoxy) is 2. The van der Waals surface area contributed by atoms with Crippen LogP contribution in [0.4, 0.5) is 0 Å². The van der Waals surface area contributed by atoms with Gasteiger partial charge in [0.15, 0.2) is 11.5 Å². The zero-order valence-electron chi connectivity index (χ0n) is 9.50. The Morgan fingerprint density at radius 2 is 2.12 bits per heavy atom. The number of hydrogen-bond acceptors (Lipinski definition) is 3. The molecule has 1 aliphatic rings. The van der Waals surface area contributed by atoms with E-state index < -0.39 is 0 Å². The summed E-state index contributed by atoms with van der Waals surface area (Å²) in [6, 6.07) is 3.91. The Bertz CT molecular complexity index is 389. The molecule has 4 heteroatoms. The first kappa shape index (κ1) is 11.7. The van der Waals surface area contributed by atoms with Crippen molar-refractivity contribution in [1.29, 1.82) is 0 Å². The first-order valence-corrected chi connectivity index (χ1v) is 6.20. The van der Waals surface area contributed by atoms with Gasteiger partial charge in [-0.2, -0.15) is 0 Å². The van der Waals surface area contributed by atoms with E-state index in [-0.39, 0.29) is 6.04 Å². The maximum Gasteiger partial charge on any atom is 0.175 e. The molecule has 2 N–H and O–H groups in total. The van der Waals surface area contributed by atoms with Crippen LogP contribution in [0.5, 0.6) is 11.5 Å². The van der Waals surface area contributed by atoms with Crippen molar-refractivity contribution in [1.82, 2.24) is 0 Å². The quantitative estimate of drug-likeness (QED) is 0.925. The van der Waals surface area contributed by atoms with Crippen LogP contribution in [0.2, 0.25) is 0 Å². The highest BCUT2D eigenvalue weighted by molar-refractivity contribution is 9.10. The molecule has 0 amide bonds. The van der Waals surface area contributed by atoms with Crippen LogP contribution < -0.4 is 15.2 Å². The summed E-state index contributed by atoms with van der Waals surface area (Å²) in [5, 5.41) is 0.